The molecule has 0 aliphatic carbocycles. The topological polar surface area (TPSA) is 38.1 Å². The maximum Gasteiger partial charge on any atom is 0.0957 e. The Labute approximate surface area is 101 Å². The standard InChI is InChI=1S/C14H16N2O/c1-9(2)14(17)13-11-6-4-3-5-10(11)12-7-15-8-16(12)13/h3-9,13-14,17H,1-2H3. The van der Waals surface area contributed by atoms with E-state index in [4.69, 9.17) is 0 Å². The van der Waals surface area contributed by atoms with Crippen molar-refractivity contribution in [3.05, 3.63) is 42.4 Å². The van der Waals surface area contributed by atoms with Crippen LogP contribution < -0.4 is 0 Å². The van der Waals surface area contributed by atoms with Crippen molar-refractivity contribution in [2.75, 3.05) is 0 Å². The molecule has 2 atom stereocenters. The molecule has 3 rings (SSSR count). The minimum atomic E-state index is -0.383. The normalized spacial score (nSPS) is 19.2. The Kier molecular flexibility index (Phi) is 2.30. The summed E-state index contributed by atoms with van der Waals surface area (Å²) in [7, 11) is 0. The fourth-order valence-corrected chi connectivity index (χ4v) is 2.59. The van der Waals surface area contributed by atoms with Gasteiger partial charge in [-0.1, -0.05) is 38.1 Å². The second-order valence-electron chi connectivity index (χ2n) is 4.95. The lowest BCUT2D eigenvalue weighted by molar-refractivity contribution is 0.0880. The third-order valence-corrected chi connectivity index (χ3v) is 3.53. The Morgan fingerprint density at radius 2 is 2.06 bits per heavy atom. The van der Waals surface area contributed by atoms with E-state index in [9.17, 15) is 5.11 Å². The smallest absolute Gasteiger partial charge is 0.0957 e. The zero-order chi connectivity index (χ0) is 12.0. The minimum absolute atomic E-state index is 0.00343. The van der Waals surface area contributed by atoms with Crippen LogP contribution in [-0.4, -0.2) is 20.8 Å². The van der Waals surface area contributed by atoms with Gasteiger partial charge >= 0.3 is 0 Å². The van der Waals surface area contributed by atoms with E-state index in [0.29, 0.717) is 0 Å². The molecule has 2 aromatic rings. The summed E-state index contributed by atoms with van der Waals surface area (Å²) in [6.45, 7) is 4.09. The molecule has 0 bridgehead atoms. The summed E-state index contributed by atoms with van der Waals surface area (Å²) in [6, 6.07) is 8.25. The molecule has 0 saturated heterocycles. The molecule has 1 N–H and O–H groups in total. The predicted octanol–water partition coefficient (Wildman–Crippen LogP) is 2.47. The number of hydrogen-bond acceptors (Lipinski definition) is 2. The van der Waals surface area contributed by atoms with E-state index >= 15 is 0 Å². The summed E-state index contributed by atoms with van der Waals surface area (Å²) in [4.78, 5) is 4.19. The van der Waals surface area contributed by atoms with E-state index in [2.05, 4.69) is 21.7 Å². The number of fused-ring (bicyclic) bond motifs is 3. The SMILES string of the molecule is CC(C)C(O)C1c2ccccc2-c2cncn21. The number of aromatic nitrogens is 2. The first-order chi connectivity index (χ1) is 8.20. The Balaban J connectivity index is 2.17. The summed E-state index contributed by atoms with van der Waals surface area (Å²) in [5.74, 6) is 0.224. The van der Waals surface area contributed by atoms with Crippen molar-refractivity contribution in [2.45, 2.75) is 26.0 Å². The van der Waals surface area contributed by atoms with E-state index in [-0.39, 0.29) is 18.1 Å². The molecule has 17 heavy (non-hydrogen) atoms. The molecular weight excluding hydrogens is 212 g/mol. The van der Waals surface area contributed by atoms with Crippen LogP contribution in [-0.2, 0) is 0 Å². The molecular formula is C14H16N2O. The first-order valence-corrected chi connectivity index (χ1v) is 5.99. The number of benzene rings is 1. The predicted molar refractivity (Wildman–Crippen MR) is 66.6 cm³/mol. The van der Waals surface area contributed by atoms with E-state index in [1.807, 2.05) is 38.5 Å². The number of aliphatic hydroxyl groups excluding tert-OH is 1. The van der Waals surface area contributed by atoms with Crippen molar-refractivity contribution in [2.24, 2.45) is 5.92 Å². The van der Waals surface area contributed by atoms with Gasteiger partial charge in [0.25, 0.3) is 0 Å². The molecule has 1 aliphatic rings. The second-order valence-corrected chi connectivity index (χ2v) is 4.95. The van der Waals surface area contributed by atoms with Crippen LogP contribution in [0.25, 0.3) is 11.3 Å². The van der Waals surface area contributed by atoms with Gasteiger partial charge < -0.3 is 9.67 Å². The summed E-state index contributed by atoms with van der Waals surface area (Å²) in [5, 5.41) is 10.4. The quantitative estimate of drug-likeness (QED) is 0.857. The molecule has 0 fully saturated rings. The number of nitrogens with zero attached hydrogens (tertiary/aromatic N) is 2. The maximum absolute atomic E-state index is 10.4. The van der Waals surface area contributed by atoms with Gasteiger partial charge in [-0.25, -0.2) is 4.98 Å². The molecule has 0 radical (unpaired) electrons. The van der Waals surface area contributed by atoms with Crippen LogP contribution in [0.1, 0.15) is 25.5 Å². The molecule has 0 spiro atoms. The Bertz CT molecular complexity index is 545. The van der Waals surface area contributed by atoms with Gasteiger partial charge in [-0.05, 0) is 11.5 Å². The van der Waals surface area contributed by atoms with Crippen LogP contribution >= 0.6 is 0 Å². The fourth-order valence-electron chi connectivity index (χ4n) is 2.59. The number of aliphatic hydroxyl groups is 1. The molecule has 2 unspecified atom stereocenters. The van der Waals surface area contributed by atoms with Crippen molar-refractivity contribution in [1.82, 2.24) is 9.55 Å². The van der Waals surface area contributed by atoms with Crippen LogP contribution in [0.5, 0.6) is 0 Å². The zero-order valence-electron chi connectivity index (χ0n) is 10.0. The van der Waals surface area contributed by atoms with Crippen molar-refractivity contribution in [1.29, 1.82) is 0 Å². The van der Waals surface area contributed by atoms with Crippen LogP contribution in [0.4, 0.5) is 0 Å². The van der Waals surface area contributed by atoms with Gasteiger partial charge in [0, 0.05) is 5.56 Å². The Morgan fingerprint density at radius 1 is 1.29 bits per heavy atom. The number of rotatable bonds is 2. The highest BCUT2D eigenvalue weighted by Gasteiger charge is 2.34. The molecule has 1 aromatic heterocycles. The third-order valence-electron chi connectivity index (χ3n) is 3.53. The van der Waals surface area contributed by atoms with Gasteiger partial charge in [0.2, 0.25) is 0 Å². The lowest BCUT2D eigenvalue weighted by atomic mass is 9.93. The van der Waals surface area contributed by atoms with Gasteiger partial charge in [-0.2, -0.15) is 0 Å². The zero-order valence-corrected chi connectivity index (χ0v) is 10.0. The molecule has 3 nitrogen and oxygen atoms in total. The van der Waals surface area contributed by atoms with Crippen LogP contribution in [0.3, 0.4) is 0 Å². The van der Waals surface area contributed by atoms with Crippen LogP contribution in [0.2, 0.25) is 0 Å². The molecule has 0 amide bonds. The number of imidazole rings is 1. The summed E-state index contributed by atoms with van der Waals surface area (Å²) in [6.07, 6.45) is 3.30. The number of hydrogen-bond donors (Lipinski definition) is 1. The average molecular weight is 228 g/mol. The molecule has 0 saturated carbocycles. The van der Waals surface area contributed by atoms with Gasteiger partial charge in [-0.15, -0.1) is 0 Å². The summed E-state index contributed by atoms with van der Waals surface area (Å²) in [5.41, 5.74) is 3.49. The van der Waals surface area contributed by atoms with E-state index in [1.54, 1.807) is 0 Å². The largest absolute Gasteiger partial charge is 0.390 e. The van der Waals surface area contributed by atoms with Crippen molar-refractivity contribution < 1.29 is 5.11 Å². The second kappa shape index (κ2) is 3.70. The van der Waals surface area contributed by atoms with Gasteiger partial charge in [-0.3, -0.25) is 0 Å². The highest BCUT2D eigenvalue weighted by Crippen LogP contribution is 2.41. The fraction of sp³-hybridized carbons (Fsp3) is 0.357. The summed E-state index contributed by atoms with van der Waals surface area (Å²) < 4.78 is 2.08. The molecule has 1 aliphatic heterocycles. The molecule has 2 heterocycles. The van der Waals surface area contributed by atoms with E-state index < -0.39 is 0 Å². The van der Waals surface area contributed by atoms with Crippen molar-refractivity contribution >= 4 is 0 Å². The lowest BCUT2D eigenvalue weighted by Crippen LogP contribution is -2.27. The maximum atomic E-state index is 10.4. The van der Waals surface area contributed by atoms with Crippen LogP contribution in [0.15, 0.2) is 36.8 Å². The van der Waals surface area contributed by atoms with Gasteiger partial charge in [0.1, 0.15) is 0 Å². The summed E-state index contributed by atoms with van der Waals surface area (Å²) >= 11 is 0. The first kappa shape index (κ1) is 10.5. The molecule has 1 aromatic carbocycles. The van der Waals surface area contributed by atoms with Crippen LogP contribution in [0, 0.1) is 5.92 Å². The third kappa shape index (κ3) is 1.42. The Morgan fingerprint density at radius 3 is 2.82 bits per heavy atom. The lowest BCUT2D eigenvalue weighted by Gasteiger charge is -2.24. The highest BCUT2D eigenvalue weighted by atomic mass is 16.3. The first-order valence-electron chi connectivity index (χ1n) is 5.99. The average Bonchev–Trinajstić information content (AvgIpc) is 2.87. The van der Waals surface area contributed by atoms with Gasteiger partial charge in [0.05, 0.1) is 30.4 Å². The van der Waals surface area contributed by atoms with Crippen molar-refractivity contribution in [3.8, 4) is 11.3 Å². The molecule has 3 heteroatoms. The minimum Gasteiger partial charge on any atom is -0.390 e. The monoisotopic (exact) mass is 228 g/mol. The molecule has 88 valence electrons. The van der Waals surface area contributed by atoms with E-state index in [0.717, 1.165) is 5.69 Å². The highest BCUT2D eigenvalue weighted by molar-refractivity contribution is 5.69. The van der Waals surface area contributed by atoms with Crippen molar-refractivity contribution in [3.63, 3.8) is 0 Å². The van der Waals surface area contributed by atoms with E-state index in [1.165, 1.54) is 11.1 Å². The Hall–Kier alpha value is -1.61. The van der Waals surface area contributed by atoms with Gasteiger partial charge in [0.15, 0.2) is 0 Å².